The zero-order chi connectivity index (χ0) is 12.9. The largest absolute Gasteiger partial charge is 0.481 e. The highest BCUT2D eigenvalue weighted by Gasteiger charge is 2.19. The van der Waals surface area contributed by atoms with Crippen molar-refractivity contribution in [1.82, 2.24) is 10.3 Å². The molecule has 0 saturated carbocycles. The molecule has 0 saturated heterocycles. The first-order chi connectivity index (χ1) is 7.93. The molecule has 0 aromatic carbocycles. The predicted molar refractivity (Wildman–Crippen MR) is 71.1 cm³/mol. The van der Waals surface area contributed by atoms with Crippen LogP contribution in [0.4, 0.5) is 0 Å². The fourth-order valence-electron chi connectivity index (χ4n) is 1.39. The van der Waals surface area contributed by atoms with Gasteiger partial charge in [0.05, 0.1) is 12.8 Å². The minimum atomic E-state index is 0.342. The highest BCUT2D eigenvalue weighted by molar-refractivity contribution is 5.15. The summed E-state index contributed by atoms with van der Waals surface area (Å²) in [6.45, 7) is 10.9. The average Bonchev–Trinajstić information content (AvgIpc) is 2.28. The van der Waals surface area contributed by atoms with Crippen LogP contribution in [0.2, 0.25) is 0 Å². The van der Waals surface area contributed by atoms with Gasteiger partial charge in [-0.3, -0.25) is 0 Å². The molecule has 0 aliphatic carbocycles. The van der Waals surface area contributed by atoms with Gasteiger partial charge in [-0.15, -0.1) is 0 Å². The van der Waals surface area contributed by atoms with Crippen molar-refractivity contribution in [1.29, 1.82) is 0 Å². The first-order valence-electron chi connectivity index (χ1n) is 6.14. The van der Waals surface area contributed by atoms with Gasteiger partial charge in [0.15, 0.2) is 0 Å². The third-order valence-electron chi connectivity index (χ3n) is 3.23. The Morgan fingerprint density at radius 3 is 2.65 bits per heavy atom. The Kier molecular flexibility index (Phi) is 4.94. The second-order valence-electron chi connectivity index (χ2n) is 5.57. The van der Waals surface area contributed by atoms with Gasteiger partial charge in [-0.2, -0.15) is 0 Å². The molecule has 96 valence electrons. The molecule has 0 aliphatic heterocycles. The fraction of sp³-hybridized carbons (Fsp3) is 0.643. The molecule has 1 N–H and O–H groups in total. The van der Waals surface area contributed by atoms with Crippen molar-refractivity contribution >= 4 is 0 Å². The van der Waals surface area contributed by atoms with Crippen LogP contribution in [0.1, 0.15) is 33.4 Å². The number of pyridine rings is 1. The molecule has 1 rings (SSSR count). The maximum Gasteiger partial charge on any atom is 0.213 e. The standard InChI is InChI=1S/C14H24N2O/c1-11(14(2,3)4)9-15-10-12-7-6-8-13(16-12)17-5/h6-8,11,15H,9-10H2,1-5H3. The van der Waals surface area contributed by atoms with E-state index in [2.05, 4.69) is 38.0 Å². The van der Waals surface area contributed by atoms with Crippen LogP contribution in [-0.4, -0.2) is 18.6 Å². The van der Waals surface area contributed by atoms with Crippen LogP contribution in [-0.2, 0) is 6.54 Å². The van der Waals surface area contributed by atoms with E-state index in [1.807, 2.05) is 18.2 Å². The number of hydrogen-bond donors (Lipinski definition) is 1. The lowest BCUT2D eigenvalue weighted by atomic mass is 9.82. The van der Waals surface area contributed by atoms with Crippen molar-refractivity contribution in [3.8, 4) is 5.88 Å². The molecular formula is C14H24N2O. The molecule has 0 bridgehead atoms. The van der Waals surface area contributed by atoms with Gasteiger partial charge in [0.1, 0.15) is 0 Å². The third kappa shape index (κ3) is 4.73. The van der Waals surface area contributed by atoms with E-state index < -0.39 is 0 Å². The summed E-state index contributed by atoms with van der Waals surface area (Å²) in [5.41, 5.74) is 1.36. The summed E-state index contributed by atoms with van der Waals surface area (Å²) in [6.07, 6.45) is 0. The molecule has 0 spiro atoms. The Hall–Kier alpha value is -1.09. The van der Waals surface area contributed by atoms with Gasteiger partial charge in [-0.25, -0.2) is 4.98 Å². The second kappa shape index (κ2) is 6.01. The first kappa shape index (κ1) is 14.0. The van der Waals surface area contributed by atoms with Crippen molar-refractivity contribution in [2.24, 2.45) is 11.3 Å². The van der Waals surface area contributed by atoms with Gasteiger partial charge in [-0.1, -0.05) is 33.8 Å². The lowest BCUT2D eigenvalue weighted by molar-refractivity contribution is 0.252. The van der Waals surface area contributed by atoms with E-state index in [-0.39, 0.29) is 0 Å². The smallest absolute Gasteiger partial charge is 0.213 e. The Balaban J connectivity index is 2.40. The molecule has 3 heteroatoms. The molecule has 0 radical (unpaired) electrons. The predicted octanol–water partition coefficient (Wildman–Crippen LogP) is 2.86. The van der Waals surface area contributed by atoms with E-state index in [4.69, 9.17) is 4.74 Å². The molecule has 0 fully saturated rings. The van der Waals surface area contributed by atoms with Crippen LogP contribution in [0.5, 0.6) is 5.88 Å². The van der Waals surface area contributed by atoms with Crippen LogP contribution in [0, 0.1) is 11.3 Å². The van der Waals surface area contributed by atoms with E-state index in [0.29, 0.717) is 17.2 Å². The zero-order valence-electron chi connectivity index (χ0n) is 11.6. The topological polar surface area (TPSA) is 34.1 Å². The van der Waals surface area contributed by atoms with Gasteiger partial charge >= 0.3 is 0 Å². The van der Waals surface area contributed by atoms with E-state index in [1.54, 1.807) is 7.11 Å². The number of ether oxygens (including phenoxy) is 1. The van der Waals surface area contributed by atoms with Crippen molar-refractivity contribution in [2.75, 3.05) is 13.7 Å². The third-order valence-corrected chi connectivity index (χ3v) is 3.23. The lowest BCUT2D eigenvalue weighted by Crippen LogP contribution is -2.29. The highest BCUT2D eigenvalue weighted by atomic mass is 16.5. The Morgan fingerprint density at radius 2 is 2.06 bits per heavy atom. The number of nitrogens with one attached hydrogen (secondary N) is 1. The SMILES string of the molecule is COc1cccc(CNCC(C)C(C)(C)C)n1. The summed E-state index contributed by atoms with van der Waals surface area (Å²) in [5, 5.41) is 3.44. The normalized spacial score (nSPS) is 13.5. The van der Waals surface area contributed by atoms with Crippen LogP contribution in [0.15, 0.2) is 18.2 Å². The number of methoxy groups -OCH3 is 1. The van der Waals surface area contributed by atoms with E-state index in [9.17, 15) is 0 Å². The van der Waals surface area contributed by atoms with E-state index in [0.717, 1.165) is 18.8 Å². The van der Waals surface area contributed by atoms with Gasteiger partial charge in [0.25, 0.3) is 0 Å². The lowest BCUT2D eigenvalue weighted by Gasteiger charge is -2.27. The van der Waals surface area contributed by atoms with Crippen LogP contribution in [0.25, 0.3) is 0 Å². The van der Waals surface area contributed by atoms with E-state index in [1.165, 1.54) is 0 Å². The molecule has 0 aliphatic rings. The summed E-state index contributed by atoms with van der Waals surface area (Å²) in [5.74, 6) is 1.31. The Bertz CT molecular complexity index is 344. The molecule has 1 unspecified atom stereocenters. The maximum absolute atomic E-state index is 5.10. The summed E-state index contributed by atoms with van der Waals surface area (Å²) < 4.78 is 5.10. The minimum Gasteiger partial charge on any atom is -0.481 e. The van der Waals surface area contributed by atoms with Crippen LogP contribution >= 0.6 is 0 Å². The molecule has 1 aromatic rings. The Morgan fingerprint density at radius 1 is 1.35 bits per heavy atom. The van der Waals surface area contributed by atoms with Gasteiger partial charge in [-0.05, 0) is 23.9 Å². The molecule has 1 heterocycles. The summed E-state index contributed by atoms with van der Waals surface area (Å²) in [7, 11) is 1.64. The minimum absolute atomic E-state index is 0.342. The van der Waals surface area contributed by atoms with Gasteiger partial charge < -0.3 is 10.1 Å². The first-order valence-corrected chi connectivity index (χ1v) is 6.14. The van der Waals surface area contributed by atoms with Gasteiger partial charge in [0, 0.05) is 12.6 Å². The zero-order valence-corrected chi connectivity index (χ0v) is 11.6. The summed E-state index contributed by atoms with van der Waals surface area (Å²) >= 11 is 0. The van der Waals surface area contributed by atoms with Gasteiger partial charge in [0.2, 0.25) is 5.88 Å². The average molecular weight is 236 g/mol. The number of aromatic nitrogens is 1. The summed E-state index contributed by atoms with van der Waals surface area (Å²) in [4.78, 5) is 4.37. The van der Waals surface area contributed by atoms with Crippen molar-refractivity contribution in [3.63, 3.8) is 0 Å². The van der Waals surface area contributed by atoms with Crippen molar-refractivity contribution in [2.45, 2.75) is 34.2 Å². The monoisotopic (exact) mass is 236 g/mol. The summed E-state index contributed by atoms with van der Waals surface area (Å²) in [6, 6.07) is 5.84. The molecular weight excluding hydrogens is 212 g/mol. The van der Waals surface area contributed by atoms with Crippen LogP contribution in [0.3, 0.4) is 0 Å². The molecule has 3 nitrogen and oxygen atoms in total. The number of nitrogens with zero attached hydrogens (tertiary/aromatic N) is 1. The molecule has 17 heavy (non-hydrogen) atoms. The Labute approximate surface area is 105 Å². The quantitative estimate of drug-likeness (QED) is 0.853. The maximum atomic E-state index is 5.10. The molecule has 1 aromatic heterocycles. The molecule has 0 amide bonds. The fourth-order valence-corrected chi connectivity index (χ4v) is 1.39. The van der Waals surface area contributed by atoms with E-state index >= 15 is 0 Å². The van der Waals surface area contributed by atoms with Crippen LogP contribution < -0.4 is 10.1 Å². The number of rotatable bonds is 5. The highest BCUT2D eigenvalue weighted by Crippen LogP contribution is 2.24. The molecule has 1 atom stereocenters. The van der Waals surface area contributed by atoms with Crippen molar-refractivity contribution < 1.29 is 4.74 Å². The van der Waals surface area contributed by atoms with Crippen molar-refractivity contribution in [3.05, 3.63) is 23.9 Å². The second-order valence-corrected chi connectivity index (χ2v) is 5.57. The number of hydrogen-bond acceptors (Lipinski definition) is 3.